The van der Waals surface area contributed by atoms with Gasteiger partial charge in [0, 0.05) is 5.54 Å². The molecule has 4 nitrogen and oxygen atoms in total. The number of carbonyl (C=O) groups is 1. The van der Waals surface area contributed by atoms with E-state index in [9.17, 15) is 4.79 Å². The molecule has 2 rings (SSSR count). The van der Waals surface area contributed by atoms with E-state index < -0.39 is 0 Å². The van der Waals surface area contributed by atoms with Crippen molar-refractivity contribution in [1.29, 1.82) is 0 Å². The van der Waals surface area contributed by atoms with E-state index in [0.29, 0.717) is 6.54 Å². The summed E-state index contributed by atoms with van der Waals surface area (Å²) in [6.07, 6.45) is 0. The van der Waals surface area contributed by atoms with Gasteiger partial charge in [-0.1, -0.05) is 30.8 Å². The Morgan fingerprint density at radius 1 is 1.35 bits per heavy atom. The molecule has 1 heterocycles. The van der Waals surface area contributed by atoms with E-state index in [2.05, 4.69) is 17.2 Å². The van der Waals surface area contributed by atoms with Crippen LogP contribution < -0.4 is 5.32 Å². The quantitative estimate of drug-likeness (QED) is 0.881. The predicted molar refractivity (Wildman–Crippen MR) is 84.0 cm³/mol. The van der Waals surface area contributed by atoms with E-state index >= 15 is 0 Å². The summed E-state index contributed by atoms with van der Waals surface area (Å²) in [4.78, 5) is 16.8. The number of amides is 1. The maximum absolute atomic E-state index is 12.2. The fourth-order valence-corrected chi connectivity index (χ4v) is 2.79. The molecule has 0 bridgehead atoms. The lowest BCUT2D eigenvalue weighted by molar-refractivity contribution is -0.123. The van der Waals surface area contributed by atoms with Crippen molar-refractivity contribution in [2.45, 2.75) is 44.9 Å². The van der Waals surface area contributed by atoms with E-state index in [1.807, 2.05) is 49.6 Å². The summed E-state index contributed by atoms with van der Waals surface area (Å²) in [7, 11) is 0. The van der Waals surface area contributed by atoms with Crippen molar-refractivity contribution in [1.82, 2.24) is 14.9 Å². The molecule has 108 valence electrons. The molecular formula is C15H21N3OS. The summed E-state index contributed by atoms with van der Waals surface area (Å²) in [5, 5.41) is 3.90. The number of carbonyl (C=O) groups excluding carboxylic acids is 1. The number of benzene rings is 1. The first-order valence-corrected chi connectivity index (χ1v) is 7.78. The fourth-order valence-electron chi connectivity index (χ4n) is 2.05. The number of nitrogens with zero attached hydrogens (tertiary/aromatic N) is 2. The second-order valence-electron chi connectivity index (χ2n) is 5.70. The van der Waals surface area contributed by atoms with Crippen molar-refractivity contribution in [3.8, 4) is 0 Å². The van der Waals surface area contributed by atoms with Gasteiger partial charge in [-0.05, 0) is 38.7 Å². The SMILES string of the molecule is CCSc1nc2ccccc2n1CC(=O)NC(C)(C)C. The molecule has 20 heavy (non-hydrogen) atoms. The van der Waals surface area contributed by atoms with Gasteiger partial charge in [0.2, 0.25) is 5.91 Å². The summed E-state index contributed by atoms with van der Waals surface area (Å²) < 4.78 is 1.99. The van der Waals surface area contributed by atoms with Crippen molar-refractivity contribution >= 4 is 28.7 Å². The highest BCUT2D eigenvalue weighted by molar-refractivity contribution is 7.99. The van der Waals surface area contributed by atoms with Crippen LogP contribution in [0.3, 0.4) is 0 Å². The van der Waals surface area contributed by atoms with Crippen molar-refractivity contribution in [3.05, 3.63) is 24.3 Å². The smallest absolute Gasteiger partial charge is 0.240 e. The predicted octanol–water partition coefficient (Wildman–Crippen LogP) is 3.06. The zero-order valence-electron chi connectivity index (χ0n) is 12.4. The Balaban J connectivity index is 2.31. The minimum Gasteiger partial charge on any atom is -0.350 e. The topological polar surface area (TPSA) is 46.9 Å². The van der Waals surface area contributed by atoms with Gasteiger partial charge in [-0.2, -0.15) is 0 Å². The first-order valence-electron chi connectivity index (χ1n) is 6.80. The third-order valence-corrected chi connectivity index (χ3v) is 3.57. The Hall–Kier alpha value is -1.49. The minimum absolute atomic E-state index is 0.0126. The molecule has 1 aromatic carbocycles. The molecule has 0 atom stereocenters. The molecule has 0 aliphatic rings. The summed E-state index contributed by atoms with van der Waals surface area (Å²) in [6, 6.07) is 7.93. The first kappa shape index (κ1) is 14.9. The number of nitrogens with one attached hydrogen (secondary N) is 1. The number of thioether (sulfide) groups is 1. The zero-order valence-corrected chi connectivity index (χ0v) is 13.3. The van der Waals surface area contributed by atoms with Crippen LogP contribution in [0.5, 0.6) is 0 Å². The average molecular weight is 291 g/mol. The van der Waals surface area contributed by atoms with E-state index in [1.54, 1.807) is 11.8 Å². The van der Waals surface area contributed by atoms with Crippen LogP contribution in [0.4, 0.5) is 0 Å². The van der Waals surface area contributed by atoms with Gasteiger partial charge in [-0.15, -0.1) is 0 Å². The third-order valence-electron chi connectivity index (χ3n) is 2.71. The largest absolute Gasteiger partial charge is 0.350 e. The van der Waals surface area contributed by atoms with Crippen LogP contribution in [-0.2, 0) is 11.3 Å². The lowest BCUT2D eigenvalue weighted by Crippen LogP contribution is -2.42. The molecule has 0 fully saturated rings. The van der Waals surface area contributed by atoms with Crippen LogP contribution in [0.15, 0.2) is 29.4 Å². The summed E-state index contributed by atoms with van der Waals surface area (Å²) in [5.74, 6) is 0.947. The van der Waals surface area contributed by atoms with Gasteiger partial charge in [-0.25, -0.2) is 4.98 Å². The van der Waals surface area contributed by atoms with Gasteiger partial charge < -0.3 is 9.88 Å². The van der Waals surface area contributed by atoms with Gasteiger partial charge in [0.15, 0.2) is 5.16 Å². The Labute approximate surface area is 124 Å². The molecule has 0 radical (unpaired) electrons. The lowest BCUT2D eigenvalue weighted by Gasteiger charge is -2.21. The van der Waals surface area contributed by atoms with Crippen LogP contribution in [0.2, 0.25) is 0 Å². The summed E-state index contributed by atoms with van der Waals surface area (Å²) in [5.41, 5.74) is 1.73. The molecule has 1 amide bonds. The molecule has 0 unspecified atom stereocenters. The van der Waals surface area contributed by atoms with Crippen LogP contribution in [0.1, 0.15) is 27.7 Å². The highest BCUT2D eigenvalue weighted by Crippen LogP contribution is 2.23. The fraction of sp³-hybridized carbons (Fsp3) is 0.467. The molecule has 5 heteroatoms. The second-order valence-corrected chi connectivity index (χ2v) is 6.93. The average Bonchev–Trinajstić information content (AvgIpc) is 2.66. The number of imidazole rings is 1. The van der Waals surface area contributed by atoms with Gasteiger partial charge in [0.25, 0.3) is 0 Å². The van der Waals surface area contributed by atoms with E-state index in [0.717, 1.165) is 21.9 Å². The van der Waals surface area contributed by atoms with Crippen LogP contribution in [-0.4, -0.2) is 26.8 Å². The van der Waals surface area contributed by atoms with Gasteiger partial charge in [-0.3, -0.25) is 4.79 Å². The Morgan fingerprint density at radius 3 is 2.70 bits per heavy atom. The van der Waals surface area contributed by atoms with Crippen molar-refractivity contribution in [2.75, 3.05) is 5.75 Å². The second kappa shape index (κ2) is 5.87. The third kappa shape index (κ3) is 3.54. The van der Waals surface area contributed by atoms with Gasteiger partial charge in [0.05, 0.1) is 11.0 Å². The maximum atomic E-state index is 12.2. The Kier molecular flexibility index (Phi) is 4.38. The minimum atomic E-state index is -0.217. The van der Waals surface area contributed by atoms with Gasteiger partial charge >= 0.3 is 0 Å². The Bertz CT molecular complexity index is 613. The number of fused-ring (bicyclic) bond motifs is 1. The van der Waals surface area contributed by atoms with Crippen molar-refractivity contribution in [2.24, 2.45) is 0 Å². The molecule has 1 aromatic heterocycles. The molecule has 0 aliphatic heterocycles. The molecule has 0 spiro atoms. The van der Waals surface area contributed by atoms with E-state index in [4.69, 9.17) is 0 Å². The van der Waals surface area contributed by atoms with Crippen LogP contribution in [0.25, 0.3) is 11.0 Å². The molecular weight excluding hydrogens is 270 g/mol. The molecule has 0 saturated heterocycles. The zero-order chi connectivity index (χ0) is 14.8. The highest BCUT2D eigenvalue weighted by atomic mass is 32.2. The first-order chi connectivity index (χ1) is 9.40. The summed E-state index contributed by atoms with van der Waals surface area (Å²) in [6.45, 7) is 8.35. The highest BCUT2D eigenvalue weighted by Gasteiger charge is 2.17. The standard InChI is InChI=1S/C15H21N3OS/c1-5-20-14-16-11-8-6-7-9-12(11)18(14)10-13(19)17-15(2,3)4/h6-9H,5,10H2,1-4H3,(H,17,19). The number of aromatic nitrogens is 2. The number of hydrogen-bond acceptors (Lipinski definition) is 3. The number of hydrogen-bond donors (Lipinski definition) is 1. The number of rotatable bonds is 4. The molecule has 1 N–H and O–H groups in total. The number of para-hydroxylation sites is 2. The Morgan fingerprint density at radius 2 is 2.05 bits per heavy atom. The van der Waals surface area contributed by atoms with Crippen molar-refractivity contribution in [3.63, 3.8) is 0 Å². The lowest BCUT2D eigenvalue weighted by atomic mass is 10.1. The molecule has 0 saturated carbocycles. The van der Waals surface area contributed by atoms with Gasteiger partial charge in [0.1, 0.15) is 6.54 Å². The normalized spacial score (nSPS) is 11.8. The summed E-state index contributed by atoms with van der Waals surface area (Å²) >= 11 is 1.66. The van der Waals surface area contributed by atoms with E-state index in [-0.39, 0.29) is 11.4 Å². The van der Waals surface area contributed by atoms with Crippen LogP contribution in [0, 0.1) is 0 Å². The van der Waals surface area contributed by atoms with E-state index in [1.165, 1.54) is 0 Å². The molecule has 0 aliphatic carbocycles. The molecule has 2 aromatic rings. The maximum Gasteiger partial charge on any atom is 0.240 e. The van der Waals surface area contributed by atoms with Crippen molar-refractivity contribution < 1.29 is 4.79 Å². The monoisotopic (exact) mass is 291 g/mol. The van der Waals surface area contributed by atoms with Crippen LogP contribution >= 0.6 is 11.8 Å².